The van der Waals surface area contributed by atoms with Gasteiger partial charge in [-0.2, -0.15) is 0 Å². The second-order valence-electron chi connectivity index (χ2n) is 9.03. The number of rotatable bonds is 11. The van der Waals surface area contributed by atoms with Crippen LogP contribution in [0.4, 0.5) is 0 Å². The Bertz CT molecular complexity index is 902. The van der Waals surface area contributed by atoms with Crippen LogP contribution in [-0.2, 0) is 32.0 Å². The molecule has 3 rings (SSSR count). The molecule has 1 saturated heterocycles. The van der Waals surface area contributed by atoms with Gasteiger partial charge in [0.1, 0.15) is 30.3 Å². The molecular weight excluding hydrogens is 462 g/mol. The lowest BCUT2D eigenvalue weighted by atomic mass is 9.94. The van der Waals surface area contributed by atoms with Gasteiger partial charge in [0.2, 0.25) is 0 Å². The zero-order valence-electron chi connectivity index (χ0n) is 22.9. The van der Waals surface area contributed by atoms with Crippen LogP contribution in [0.25, 0.3) is 0 Å². The summed E-state index contributed by atoms with van der Waals surface area (Å²) in [6.45, 7) is 12.9. The maximum atomic E-state index is 12.2. The topological polar surface area (TPSA) is 83.5 Å². The molecule has 0 unspecified atom stereocenters. The average molecular weight is 506 g/mol. The van der Waals surface area contributed by atoms with Crippen molar-refractivity contribution in [1.29, 1.82) is 0 Å². The van der Waals surface area contributed by atoms with Crippen LogP contribution in [0.2, 0.25) is 0 Å². The molecule has 2 aliphatic heterocycles. The number of cyclic esters (lactones) is 1. The number of benzene rings is 1. The summed E-state index contributed by atoms with van der Waals surface area (Å²) in [4.78, 5) is 26.6. The summed E-state index contributed by atoms with van der Waals surface area (Å²) < 4.78 is 27.1. The van der Waals surface area contributed by atoms with Crippen molar-refractivity contribution in [2.24, 2.45) is 0 Å². The van der Waals surface area contributed by atoms with Crippen molar-refractivity contribution in [2.75, 3.05) is 53.7 Å². The second kappa shape index (κ2) is 15.5. The first-order chi connectivity index (χ1) is 17.4. The van der Waals surface area contributed by atoms with Crippen LogP contribution in [0.5, 0.6) is 11.5 Å². The maximum absolute atomic E-state index is 12.2. The van der Waals surface area contributed by atoms with Crippen LogP contribution in [0, 0.1) is 6.92 Å². The van der Waals surface area contributed by atoms with Crippen LogP contribution < -0.4 is 9.47 Å². The summed E-state index contributed by atoms with van der Waals surface area (Å²) in [5, 5.41) is 0. The molecule has 8 nitrogen and oxygen atoms in total. The Kier molecular flexibility index (Phi) is 12.8. The lowest BCUT2D eigenvalue weighted by molar-refractivity contribution is -0.144. The Labute approximate surface area is 215 Å². The number of fused-ring (bicyclic) bond motifs is 1. The standard InChI is InChI=1S/C24H33NO7.C4H10/c1-16(6-8-20(26)31-14-11-25-9-12-30-13-10-25)5-7-18-22(28-3)17(2)19-15-32-24(27)21(19)23(18)29-4;1-3-4-2/h5H,6-15H2,1-4H3;3-4H2,1-2H3/b16-5+;. The first-order valence-corrected chi connectivity index (χ1v) is 12.9. The van der Waals surface area contributed by atoms with Gasteiger partial charge in [0.15, 0.2) is 0 Å². The van der Waals surface area contributed by atoms with Gasteiger partial charge >= 0.3 is 11.9 Å². The van der Waals surface area contributed by atoms with Gasteiger partial charge < -0.3 is 23.7 Å². The van der Waals surface area contributed by atoms with Crippen LogP contribution in [0.1, 0.15) is 73.5 Å². The lowest BCUT2D eigenvalue weighted by Crippen LogP contribution is -2.38. The largest absolute Gasteiger partial charge is 0.496 e. The molecule has 2 heterocycles. The minimum absolute atomic E-state index is 0.197. The van der Waals surface area contributed by atoms with Gasteiger partial charge in [-0.1, -0.05) is 38.3 Å². The Balaban J connectivity index is 0.00000106. The first-order valence-electron chi connectivity index (χ1n) is 12.9. The number of unbranched alkanes of at least 4 members (excludes halogenated alkanes) is 1. The number of hydrogen-bond acceptors (Lipinski definition) is 8. The Morgan fingerprint density at radius 2 is 1.72 bits per heavy atom. The minimum atomic E-state index is -0.371. The molecule has 2 aliphatic rings. The van der Waals surface area contributed by atoms with E-state index in [4.69, 9.17) is 23.7 Å². The quantitative estimate of drug-likeness (QED) is 0.318. The van der Waals surface area contributed by atoms with Gasteiger partial charge in [0, 0.05) is 37.2 Å². The predicted octanol–water partition coefficient (Wildman–Crippen LogP) is 4.63. The number of morpholine rings is 1. The smallest absolute Gasteiger partial charge is 0.342 e. The molecule has 0 amide bonds. The van der Waals surface area contributed by atoms with Crippen LogP contribution in [0.3, 0.4) is 0 Å². The normalized spacial score (nSPS) is 15.5. The number of ether oxygens (including phenoxy) is 5. The highest BCUT2D eigenvalue weighted by atomic mass is 16.5. The zero-order valence-corrected chi connectivity index (χ0v) is 22.9. The third-order valence-electron chi connectivity index (χ3n) is 6.48. The van der Waals surface area contributed by atoms with Crippen molar-refractivity contribution in [3.8, 4) is 11.5 Å². The fourth-order valence-corrected chi connectivity index (χ4v) is 4.10. The molecule has 0 aromatic heterocycles. The maximum Gasteiger partial charge on any atom is 0.342 e. The highest BCUT2D eigenvalue weighted by Gasteiger charge is 2.32. The second-order valence-corrected chi connectivity index (χ2v) is 9.03. The van der Waals surface area contributed by atoms with Gasteiger partial charge in [0.05, 0.1) is 27.4 Å². The molecule has 0 radical (unpaired) electrons. The highest BCUT2D eigenvalue weighted by molar-refractivity contribution is 5.98. The number of methoxy groups -OCH3 is 2. The van der Waals surface area contributed by atoms with Crippen molar-refractivity contribution in [2.45, 2.75) is 66.4 Å². The van der Waals surface area contributed by atoms with E-state index in [1.807, 2.05) is 19.9 Å². The molecule has 0 spiro atoms. The Morgan fingerprint density at radius 1 is 1.06 bits per heavy atom. The van der Waals surface area contributed by atoms with Gasteiger partial charge in [-0.25, -0.2) is 4.79 Å². The van der Waals surface area contributed by atoms with E-state index >= 15 is 0 Å². The number of hydrogen-bond donors (Lipinski definition) is 0. The molecule has 1 aromatic carbocycles. The molecule has 0 atom stereocenters. The summed E-state index contributed by atoms with van der Waals surface area (Å²) in [5.74, 6) is 0.628. The molecule has 1 aromatic rings. The molecule has 36 heavy (non-hydrogen) atoms. The number of esters is 2. The number of carbonyl (C=O) groups is 2. The first kappa shape index (κ1) is 29.6. The average Bonchev–Trinajstić information content (AvgIpc) is 3.28. The molecular formula is C28H43NO7. The van der Waals surface area contributed by atoms with Crippen molar-refractivity contribution in [3.05, 3.63) is 33.9 Å². The van der Waals surface area contributed by atoms with E-state index in [0.29, 0.717) is 42.9 Å². The molecule has 8 heteroatoms. The molecule has 0 bridgehead atoms. The van der Waals surface area contributed by atoms with E-state index in [9.17, 15) is 9.59 Å². The number of carbonyl (C=O) groups excluding carboxylic acids is 2. The fourth-order valence-electron chi connectivity index (χ4n) is 4.10. The summed E-state index contributed by atoms with van der Waals surface area (Å²) in [5.41, 5.74) is 4.04. The summed E-state index contributed by atoms with van der Waals surface area (Å²) in [7, 11) is 3.15. The predicted molar refractivity (Wildman–Crippen MR) is 139 cm³/mol. The van der Waals surface area contributed by atoms with E-state index in [1.54, 1.807) is 14.2 Å². The van der Waals surface area contributed by atoms with Crippen LogP contribution in [-0.4, -0.2) is 70.5 Å². The van der Waals surface area contributed by atoms with E-state index in [0.717, 1.165) is 55.1 Å². The molecule has 0 saturated carbocycles. The third-order valence-corrected chi connectivity index (χ3v) is 6.48. The third kappa shape index (κ3) is 8.23. The van der Waals surface area contributed by atoms with E-state index in [2.05, 4.69) is 18.7 Å². The van der Waals surface area contributed by atoms with Gasteiger partial charge in [-0.15, -0.1) is 0 Å². The van der Waals surface area contributed by atoms with E-state index in [-0.39, 0.29) is 18.5 Å². The van der Waals surface area contributed by atoms with Crippen molar-refractivity contribution >= 4 is 11.9 Å². The van der Waals surface area contributed by atoms with Crippen LogP contribution >= 0.6 is 0 Å². The Morgan fingerprint density at radius 3 is 2.33 bits per heavy atom. The molecule has 0 N–H and O–H groups in total. The molecule has 202 valence electrons. The van der Waals surface area contributed by atoms with Gasteiger partial charge in [-0.3, -0.25) is 9.69 Å². The summed E-state index contributed by atoms with van der Waals surface area (Å²) in [6, 6.07) is 0. The van der Waals surface area contributed by atoms with Gasteiger partial charge in [0.25, 0.3) is 0 Å². The molecule has 0 aliphatic carbocycles. The fraction of sp³-hybridized carbons (Fsp3) is 0.643. The van der Waals surface area contributed by atoms with E-state index < -0.39 is 0 Å². The Hall–Kier alpha value is -2.58. The molecule has 1 fully saturated rings. The number of allylic oxidation sites excluding steroid dienone is 2. The SMILES string of the molecule is CCCC.COc1c(C)c2c(c(OC)c1C/C=C(\C)CCC(=O)OCCN1CCOCC1)C(=O)OC2. The summed E-state index contributed by atoms with van der Waals surface area (Å²) >= 11 is 0. The highest BCUT2D eigenvalue weighted by Crippen LogP contribution is 2.42. The minimum Gasteiger partial charge on any atom is -0.496 e. The van der Waals surface area contributed by atoms with Crippen LogP contribution in [0.15, 0.2) is 11.6 Å². The monoisotopic (exact) mass is 505 g/mol. The van der Waals surface area contributed by atoms with Gasteiger partial charge in [-0.05, 0) is 32.3 Å². The summed E-state index contributed by atoms with van der Waals surface area (Å²) in [6.07, 6.45) is 6.13. The number of nitrogens with zero attached hydrogens (tertiary/aromatic N) is 1. The van der Waals surface area contributed by atoms with Crippen molar-refractivity contribution in [1.82, 2.24) is 4.90 Å². The van der Waals surface area contributed by atoms with E-state index in [1.165, 1.54) is 12.8 Å². The van der Waals surface area contributed by atoms with Crippen molar-refractivity contribution in [3.63, 3.8) is 0 Å². The van der Waals surface area contributed by atoms with Crippen molar-refractivity contribution < 1.29 is 33.3 Å². The lowest BCUT2D eigenvalue weighted by Gasteiger charge is -2.26. The zero-order chi connectivity index (χ0) is 26.5.